The largest absolute Gasteiger partial charge is 0.496 e. The molecule has 0 aliphatic rings. The monoisotopic (exact) mass is 335 g/mol. The first kappa shape index (κ1) is 17.1. The molecule has 0 amide bonds. The van der Waals surface area contributed by atoms with E-state index in [1.807, 2.05) is 18.2 Å². The quantitative estimate of drug-likeness (QED) is 0.591. The highest BCUT2D eigenvalue weighted by Crippen LogP contribution is 2.27. The minimum Gasteiger partial charge on any atom is -0.496 e. The van der Waals surface area contributed by atoms with Gasteiger partial charge in [0.2, 0.25) is 0 Å². The van der Waals surface area contributed by atoms with Crippen LogP contribution in [0.5, 0.6) is 5.75 Å². The van der Waals surface area contributed by atoms with E-state index in [9.17, 15) is 0 Å². The van der Waals surface area contributed by atoms with Crippen molar-refractivity contribution in [3.63, 3.8) is 0 Å². The Morgan fingerprint density at radius 1 is 1.43 bits per heavy atom. The number of aromatic amines is 1. The van der Waals surface area contributed by atoms with Gasteiger partial charge in [0.05, 0.1) is 13.7 Å². The van der Waals surface area contributed by atoms with Gasteiger partial charge in [0, 0.05) is 27.8 Å². The minimum atomic E-state index is -0.0102. The van der Waals surface area contributed by atoms with Gasteiger partial charge in [-0.2, -0.15) is 5.10 Å². The van der Waals surface area contributed by atoms with Gasteiger partial charge in [-0.1, -0.05) is 38.4 Å². The number of halogens is 1. The van der Waals surface area contributed by atoms with Gasteiger partial charge in [-0.05, 0) is 12.1 Å². The van der Waals surface area contributed by atoms with E-state index >= 15 is 0 Å². The highest BCUT2D eigenvalue weighted by Gasteiger charge is 2.16. The van der Waals surface area contributed by atoms with Crippen LogP contribution >= 0.6 is 11.6 Å². The SMILES string of the molecule is COc1cccc(Cl)c1CN=C(N)Nc1cc(C(C)(C)C)[nH]n1. The molecule has 0 unspecified atom stereocenters. The molecule has 4 N–H and O–H groups in total. The van der Waals surface area contributed by atoms with Crippen LogP contribution in [0.2, 0.25) is 5.02 Å². The molecule has 0 aliphatic carbocycles. The van der Waals surface area contributed by atoms with Crippen molar-refractivity contribution in [1.29, 1.82) is 0 Å². The molecule has 0 radical (unpaired) electrons. The number of anilines is 1. The lowest BCUT2D eigenvalue weighted by atomic mass is 9.92. The Balaban J connectivity index is 2.08. The van der Waals surface area contributed by atoms with Crippen LogP contribution in [0.15, 0.2) is 29.3 Å². The molecule has 1 aromatic heterocycles. The predicted molar refractivity (Wildman–Crippen MR) is 94.2 cm³/mol. The summed E-state index contributed by atoms with van der Waals surface area (Å²) in [6, 6.07) is 7.37. The molecule has 2 aromatic rings. The highest BCUT2D eigenvalue weighted by molar-refractivity contribution is 6.31. The lowest BCUT2D eigenvalue weighted by Crippen LogP contribution is -2.22. The molecule has 0 aliphatic heterocycles. The first-order chi connectivity index (χ1) is 10.8. The summed E-state index contributed by atoms with van der Waals surface area (Å²) in [7, 11) is 1.60. The molecule has 0 spiro atoms. The molecule has 0 saturated carbocycles. The first-order valence-electron chi connectivity index (χ1n) is 7.25. The molecule has 23 heavy (non-hydrogen) atoms. The van der Waals surface area contributed by atoms with Gasteiger partial charge < -0.3 is 15.8 Å². The normalized spacial score (nSPS) is 12.3. The van der Waals surface area contributed by atoms with Crippen LogP contribution in [0.1, 0.15) is 32.0 Å². The highest BCUT2D eigenvalue weighted by atomic mass is 35.5. The van der Waals surface area contributed by atoms with E-state index in [2.05, 4.69) is 41.3 Å². The fraction of sp³-hybridized carbons (Fsp3) is 0.375. The number of ether oxygens (including phenoxy) is 1. The number of aliphatic imine (C=N–C) groups is 1. The third kappa shape index (κ3) is 4.39. The number of benzene rings is 1. The summed E-state index contributed by atoms with van der Waals surface area (Å²) in [6.45, 7) is 6.63. The fourth-order valence-electron chi connectivity index (χ4n) is 1.99. The van der Waals surface area contributed by atoms with E-state index in [0.717, 1.165) is 11.3 Å². The van der Waals surface area contributed by atoms with Crippen molar-refractivity contribution in [3.8, 4) is 5.75 Å². The Kier molecular flexibility index (Phi) is 5.15. The zero-order chi connectivity index (χ0) is 17.0. The summed E-state index contributed by atoms with van der Waals surface area (Å²) < 4.78 is 5.29. The van der Waals surface area contributed by atoms with Gasteiger partial charge >= 0.3 is 0 Å². The topological polar surface area (TPSA) is 88.3 Å². The van der Waals surface area contributed by atoms with Crippen molar-refractivity contribution in [2.24, 2.45) is 10.7 Å². The van der Waals surface area contributed by atoms with Crippen molar-refractivity contribution in [3.05, 3.63) is 40.5 Å². The number of nitrogens with zero attached hydrogens (tertiary/aromatic N) is 2. The molecule has 0 saturated heterocycles. The Labute approximate surface area is 141 Å². The second kappa shape index (κ2) is 6.91. The number of hydrogen-bond acceptors (Lipinski definition) is 3. The standard InChI is InChI=1S/C16H22ClN5O/c1-16(2,3)13-8-14(22-21-13)20-15(18)19-9-10-11(17)6-5-7-12(10)23-4/h5-8H,9H2,1-4H3,(H4,18,19,20,21,22). The van der Waals surface area contributed by atoms with Crippen LogP contribution in [0.3, 0.4) is 0 Å². The zero-order valence-electron chi connectivity index (χ0n) is 13.8. The maximum absolute atomic E-state index is 6.18. The lowest BCUT2D eigenvalue weighted by molar-refractivity contribution is 0.410. The first-order valence-corrected chi connectivity index (χ1v) is 7.63. The molecule has 124 valence electrons. The average molecular weight is 336 g/mol. The van der Waals surface area contributed by atoms with E-state index in [-0.39, 0.29) is 11.4 Å². The van der Waals surface area contributed by atoms with Gasteiger partial charge in [0.15, 0.2) is 11.8 Å². The minimum absolute atomic E-state index is 0.0102. The number of H-pyrrole nitrogens is 1. The van der Waals surface area contributed by atoms with Gasteiger partial charge in [-0.3, -0.25) is 5.10 Å². The average Bonchev–Trinajstić information content (AvgIpc) is 2.94. The molecular weight excluding hydrogens is 314 g/mol. The van der Waals surface area contributed by atoms with E-state index in [0.29, 0.717) is 23.1 Å². The van der Waals surface area contributed by atoms with Crippen molar-refractivity contribution in [2.75, 3.05) is 12.4 Å². The fourth-order valence-corrected chi connectivity index (χ4v) is 2.21. The third-order valence-corrected chi connectivity index (χ3v) is 3.70. The Morgan fingerprint density at radius 3 is 2.78 bits per heavy atom. The number of rotatable bonds is 4. The van der Waals surface area contributed by atoms with Crippen molar-refractivity contribution < 1.29 is 4.74 Å². The Morgan fingerprint density at radius 2 is 2.17 bits per heavy atom. The van der Waals surface area contributed by atoms with Crippen molar-refractivity contribution in [2.45, 2.75) is 32.7 Å². The Bertz CT molecular complexity index is 703. The molecule has 2 rings (SSSR count). The number of hydrogen-bond donors (Lipinski definition) is 3. The maximum atomic E-state index is 6.18. The number of aromatic nitrogens is 2. The lowest BCUT2D eigenvalue weighted by Gasteiger charge is -2.14. The summed E-state index contributed by atoms with van der Waals surface area (Å²) in [6.07, 6.45) is 0. The molecule has 0 fully saturated rings. The zero-order valence-corrected chi connectivity index (χ0v) is 14.5. The van der Waals surface area contributed by atoms with Crippen LogP contribution in [-0.2, 0) is 12.0 Å². The summed E-state index contributed by atoms with van der Waals surface area (Å²) in [5.74, 6) is 1.57. The van der Waals surface area contributed by atoms with Gasteiger partial charge in [0.25, 0.3) is 0 Å². The molecule has 6 nitrogen and oxygen atoms in total. The smallest absolute Gasteiger partial charge is 0.194 e. The van der Waals surface area contributed by atoms with Crippen molar-refractivity contribution in [1.82, 2.24) is 10.2 Å². The number of nitrogens with two attached hydrogens (primary N) is 1. The Hall–Kier alpha value is -2.21. The summed E-state index contributed by atoms with van der Waals surface area (Å²) in [5, 5.41) is 10.7. The van der Waals surface area contributed by atoms with Gasteiger partial charge in [-0.25, -0.2) is 4.99 Å². The number of guanidine groups is 1. The van der Waals surface area contributed by atoms with Crippen molar-refractivity contribution >= 4 is 23.4 Å². The van der Waals surface area contributed by atoms with E-state index in [4.69, 9.17) is 22.1 Å². The van der Waals surface area contributed by atoms with Crippen LogP contribution in [-0.4, -0.2) is 23.3 Å². The number of nitrogens with one attached hydrogen (secondary N) is 2. The molecule has 1 aromatic carbocycles. The molecular formula is C16H22ClN5O. The van der Waals surface area contributed by atoms with E-state index < -0.39 is 0 Å². The van der Waals surface area contributed by atoms with Gasteiger partial charge in [0.1, 0.15) is 5.75 Å². The summed E-state index contributed by atoms with van der Waals surface area (Å²) in [4.78, 5) is 4.30. The van der Waals surface area contributed by atoms with E-state index in [1.165, 1.54) is 0 Å². The van der Waals surface area contributed by atoms with E-state index in [1.54, 1.807) is 13.2 Å². The summed E-state index contributed by atoms with van der Waals surface area (Å²) in [5.41, 5.74) is 7.71. The predicted octanol–water partition coefficient (Wildman–Crippen LogP) is 3.30. The molecule has 7 heteroatoms. The second-order valence-corrected chi connectivity index (χ2v) is 6.57. The molecule has 1 heterocycles. The van der Waals surface area contributed by atoms with Crippen LogP contribution in [0.4, 0.5) is 5.82 Å². The molecule has 0 bridgehead atoms. The third-order valence-electron chi connectivity index (χ3n) is 3.35. The number of methoxy groups -OCH3 is 1. The maximum Gasteiger partial charge on any atom is 0.194 e. The van der Waals surface area contributed by atoms with Crippen LogP contribution in [0.25, 0.3) is 0 Å². The molecule has 0 atom stereocenters. The summed E-state index contributed by atoms with van der Waals surface area (Å²) >= 11 is 6.18. The van der Waals surface area contributed by atoms with Crippen LogP contribution in [0, 0.1) is 0 Å². The van der Waals surface area contributed by atoms with Crippen LogP contribution < -0.4 is 15.8 Å². The second-order valence-electron chi connectivity index (χ2n) is 6.16. The van der Waals surface area contributed by atoms with Gasteiger partial charge in [-0.15, -0.1) is 0 Å².